The van der Waals surface area contributed by atoms with Gasteiger partial charge in [0.2, 0.25) is 0 Å². The molecule has 0 atom stereocenters. The topological polar surface area (TPSA) is 26.3 Å². The molecular weight excluding hydrogens is 216 g/mol. The SMILES string of the molecule is CC(C)[Si-](OC1(C=O)CC1)(C(C)C)C(C)C. The fourth-order valence-corrected chi connectivity index (χ4v) is 8.74. The Kier molecular flexibility index (Phi) is 4.01. The first-order chi connectivity index (χ1) is 7.31. The monoisotopic (exact) mass is 242 g/mol. The highest BCUT2D eigenvalue weighted by molar-refractivity contribution is 6.77. The van der Waals surface area contributed by atoms with Gasteiger partial charge >= 0.3 is 0 Å². The van der Waals surface area contributed by atoms with Gasteiger partial charge in [-0.25, -0.2) is 0 Å². The van der Waals surface area contributed by atoms with Crippen molar-refractivity contribution in [1.29, 1.82) is 0 Å². The predicted octanol–water partition coefficient (Wildman–Crippen LogP) is 3.91. The number of hydrogen-bond donors (Lipinski definition) is 0. The fraction of sp³-hybridized carbons (Fsp3) is 0.923. The second-order valence-electron chi connectivity index (χ2n) is 6.10. The van der Waals surface area contributed by atoms with Gasteiger partial charge in [-0.2, -0.15) is 0 Å². The van der Waals surface area contributed by atoms with Crippen LogP contribution in [0.25, 0.3) is 0 Å². The minimum Gasteiger partial charge on any atom is -0.554 e. The lowest BCUT2D eigenvalue weighted by Crippen LogP contribution is -2.51. The smallest absolute Gasteiger partial charge is 0.148 e. The van der Waals surface area contributed by atoms with Crippen LogP contribution in [-0.2, 0) is 9.22 Å². The molecule has 1 aliphatic carbocycles. The molecular formula is C13H26O2Si-. The molecule has 0 spiro atoms. The van der Waals surface area contributed by atoms with Crippen molar-refractivity contribution in [3.8, 4) is 0 Å². The molecule has 16 heavy (non-hydrogen) atoms. The molecule has 2 nitrogen and oxygen atoms in total. The lowest BCUT2D eigenvalue weighted by atomic mass is 10.4. The predicted molar refractivity (Wildman–Crippen MR) is 70.2 cm³/mol. The van der Waals surface area contributed by atoms with Crippen molar-refractivity contribution in [3.63, 3.8) is 0 Å². The van der Waals surface area contributed by atoms with Crippen LogP contribution in [0.15, 0.2) is 0 Å². The molecule has 1 saturated carbocycles. The van der Waals surface area contributed by atoms with Crippen LogP contribution >= 0.6 is 0 Å². The van der Waals surface area contributed by atoms with E-state index in [9.17, 15) is 4.79 Å². The highest BCUT2D eigenvalue weighted by Gasteiger charge is 2.47. The molecule has 3 heteroatoms. The lowest BCUT2D eigenvalue weighted by Gasteiger charge is -2.56. The average molecular weight is 242 g/mol. The molecule has 0 aromatic carbocycles. The average Bonchev–Trinajstić information content (AvgIpc) is 2.93. The van der Waals surface area contributed by atoms with Crippen molar-refractivity contribution >= 4 is 14.6 Å². The van der Waals surface area contributed by atoms with Crippen LogP contribution < -0.4 is 0 Å². The van der Waals surface area contributed by atoms with E-state index in [1.807, 2.05) is 0 Å². The molecule has 0 heterocycles. The molecule has 0 aliphatic heterocycles. The maximum atomic E-state index is 11.1. The zero-order valence-electron chi connectivity index (χ0n) is 11.5. The van der Waals surface area contributed by atoms with Crippen molar-refractivity contribution in [2.45, 2.75) is 76.6 Å². The maximum Gasteiger partial charge on any atom is 0.148 e. The molecule has 0 aromatic heterocycles. The molecule has 1 fully saturated rings. The summed E-state index contributed by atoms with van der Waals surface area (Å²) in [5.74, 6) is 0. The van der Waals surface area contributed by atoms with Crippen LogP contribution in [0.2, 0.25) is 16.6 Å². The first-order valence-corrected chi connectivity index (χ1v) is 8.61. The number of carbonyl (C=O) groups excluding carboxylic acids is 1. The summed E-state index contributed by atoms with van der Waals surface area (Å²) in [5.41, 5.74) is 1.28. The molecule has 1 rings (SSSR count). The normalized spacial score (nSPS) is 19.6. The minimum absolute atomic E-state index is 0.398. The van der Waals surface area contributed by atoms with Crippen molar-refractivity contribution in [2.24, 2.45) is 0 Å². The van der Waals surface area contributed by atoms with Crippen molar-refractivity contribution in [1.82, 2.24) is 0 Å². The number of rotatable bonds is 6. The molecule has 0 saturated heterocycles. The van der Waals surface area contributed by atoms with E-state index in [0.29, 0.717) is 16.6 Å². The van der Waals surface area contributed by atoms with Gasteiger partial charge in [-0.05, 0) is 21.2 Å². The van der Waals surface area contributed by atoms with E-state index in [4.69, 9.17) is 4.43 Å². The summed E-state index contributed by atoms with van der Waals surface area (Å²) in [5, 5.41) is 0. The van der Waals surface area contributed by atoms with Gasteiger partial charge in [0, 0.05) is 0 Å². The molecule has 0 amide bonds. The summed E-state index contributed by atoms with van der Waals surface area (Å²) in [6, 6.07) is 0. The third-order valence-corrected chi connectivity index (χ3v) is 10.2. The Balaban J connectivity index is 2.98. The van der Waals surface area contributed by atoms with Gasteiger partial charge in [-0.3, -0.25) is 0 Å². The van der Waals surface area contributed by atoms with Gasteiger partial charge in [-0.1, -0.05) is 41.5 Å². The van der Waals surface area contributed by atoms with Crippen LogP contribution in [0.5, 0.6) is 0 Å². The maximum absolute atomic E-state index is 11.1. The Morgan fingerprint density at radius 3 is 1.56 bits per heavy atom. The first-order valence-electron chi connectivity index (χ1n) is 6.47. The molecule has 0 N–H and O–H groups in total. The first kappa shape index (κ1) is 13.9. The number of carbonyl (C=O) groups is 1. The highest BCUT2D eigenvalue weighted by Crippen LogP contribution is 2.50. The van der Waals surface area contributed by atoms with Crippen molar-refractivity contribution in [3.05, 3.63) is 0 Å². The highest BCUT2D eigenvalue weighted by atomic mass is 28.4. The van der Waals surface area contributed by atoms with Crippen LogP contribution in [-0.4, -0.2) is 20.2 Å². The molecule has 0 unspecified atom stereocenters. The Labute approximate surface area is 101 Å². The van der Waals surface area contributed by atoms with Crippen LogP contribution in [0.4, 0.5) is 0 Å². The van der Waals surface area contributed by atoms with Gasteiger partial charge in [-0.15, -0.1) is 16.6 Å². The number of hydrogen-bond acceptors (Lipinski definition) is 2. The summed E-state index contributed by atoms with van der Waals surface area (Å²) in [7, 11) is -1.85. The van der Waals surface area contributed by atoms with Crippen molar-refractivity contribution in [2.75, 3.05) is 0 Å². The molecule has 95 valence electrons. The summed E-state index contributed by atoms with van der Waals surface area (Å²) < 4.78 is 6.44. The van der Waals surface area contributed by atoms with Crippen LogP contribution in [0.1, 0.15) is 54.4 Å². The van der Waals surface area contributed by atoms with E-state index in [1.54, 1.807) is 0 Å². The summed E-state index contributed by atoms with van der Waals surface area (Å²) in [6.45, 7) is 13.5. The van der Waals surface area contributed by atoms with Gasteiger partial charge < -0.3 is 9.22 Å². The van der Waals surface area contributed by atoms with E-state index >= 15 is 0 Å². The van der Waals surface area contributed by atoms with E-state index < -0.39 is 13.9 Å². The van der Waals surface area contributed by atoms with Crippen LogP contribution in [0, 0.1) is 0 Å². The zero-order valence-corrected chi connectivity index (χ0v) is 12.5. The van der Waals surface area contributed by atoms with Gasteiger partial charge in [0.25, 0.3) is 0 Å². The molecule has 0 bridgehead atoms. The van der Waals surface area contributed by atoms with E-state index in [2.05, 4.69) is 41.5 Å². The Bertz CT molecular complexity index is 233. The largest absolute Gasteiger partial charge is 0.554 e. The molecule has 0 radical (unpaired) electrons. The van der Waals surface area contributed by atoms with E-state index in [1.165, 1.54) is 0 Å². The zero-order chi connectivity index (χ0) is 12.6. The number of aldehydes is 1. The van der Waals surface area contributed by atoms with Crippen molar-refractivity contribution < 1.29 is 9.22 Å². The third kappa shape index (κ3) is 2.25. The Hall–Kier alpha value is -0.153. The van der Waals surface area contributed by atoms with Gasteiger partial charge in [0.15, 0.2) is 0 Å². The lowest BCUT2D eigenvalue weighted by molar-refractivity contribution is -0.115. The second-order valence-corrected chi connectivity index (χ2v) is 11.5. The summed E-state index contributed by atoms with van der Waals surface area (Å²) in [6.07, 6.45) is 2.90. The summed E-state index contributed by atoms with van der Waals surface area (Å²) in [4.78, 5) is 11.1. The third-order valence-electron chi connectivity index (χ3n) is 4.04. The second kappa shape index (κ2) is 4.61. The standard InChI is InChI=1S/C13H26O2Si/c1-10(2)16(11(3)4,12(5)6)15-13(9-14)7-8-13/h9-12H,7-8H2,1-6H3/q-1. The van der Waals surface area contributed by atoms with Gasteiger partial charge in [0.1, 0.15) is 6.29 Å². The minimum atomic E-state index is -1.85. The van der Waals surface area contributed by atoms with E-state index in [0.717, 1.165) is 19.1 Å². The molecule has 0 aromatic rings. The quantitative estimate of drug-likeness (QED) is 0.521. The fourth-order valence-electron chi connectivity index (χ4n) is 3.07. The Morgan fingerprint density at radius 1 is 1.00 bits per heavy atom. The van der Waals surface area contributed by atoms with E-state index in [-0.39, 0.29) is 0 Å². The summed E-state index contributed by atoms with van der Waals surface area (Å²) >= 11 is 0. The Morgan fingerprint density at radius 2 is 1.38 bits per heavy atom. The van der Waals surface area contributed by atoms with Crippen LogP contribution in [0.3, 0.4) is 0 Å². The molecule has 1 aliphatic rings. The van der Waals surface area contributed by atoms with Gasteiger partial charge in [0.05, 0.1) is 5.60 Å².